The fraction of sp³-hybridized carbons (Fsp3) is 0.105. The van der Waals surface area contributed by atoms with Crippen molar-refractivity contribution in [2.75, 3.05) is 7.05 Å². The lowest BCUT2D eigenvalue weighted by molar-refractivity contribution is -0.129. The molecule has 1 heterocycles. The van der Waals surface area contributed by atoms with Crippen LogP contribution < -0.4 is 10.1 Å². The zero-order valence-electron chi connectivity index (χ0n) is 14.5. The second-order valence-corrected chi connectivity index (χ2v) is 6.72. The van der Waals surface area contributed by atoms with Crippen molar-refractivity contribution in [3.05, 3.63) is 69.0 Å². The van der Waals surface area contributed by atoms with Gasteiger partial charge in [-0.2, -0.15) is 0 Å². The third kappa shape index (κ3) is 4.16. The molecule has 1 N–H and O–H groups in total. The van der Waals surface area contributed by atoms with Crippen LogP contribution in [0.1, 0.15) is 11.1 Å². The summed E-state index contributed by atoms with van der Waals surface area (Å²) in [6.45, 7) is 0.119. The van der Waals surface area contributed by atoms with Crippen LogP contribution in [0.5, 0.6) is 5.75 Å². The maximum absolute atomic E-state index is 13.0. The molecule has 0 saturated carbocycles. The summed E-state index contributed by atoms with van der Waals surface area (Å²) in [5, 5.41) is 2.38. The molecule has 3 rings (SSSR count). The van der Waals surface area contributed by atoms with Crippen molar-refractivity contribution in [3.8, 4) is 5.75 Å². The van der Waals surface area contributed by atoms with E-state index in [9.17, 15) is 18.8 Å². The first-order chi connectivity index (χ1) is 13.3. The molecule has 1 aliphatic rings. The van der Waals surface area contributed by atoms with Gasteiger partial charge in [-0.15, -0.1) is 0 Å². The van der Waals surface area contributed by atoms with Crippen LogP contribution in [0, 0.1) is 5.82 Å². The third-order valence-electron chi connectivity index (χ3n) is 3.93. The lowest BCUT2D eigenvalue weighted by Crippen LogP contribution is -2.52. The van der Waals surface area contributed by atoms with Crippen LogP contribution in [0.4, 0.5) is 9.18 Å². The Kier molecular flexibility index (Phi) is 5.67. The normalized spacial score (nSPS) is 15.8. The van der Waals surface area contributed by atoms with Gasteiger partial charge in [0.05, 0.1) is 10.0 Å². The molecule has 0 aromatic heterocycles. The Morgan fingerprint density at radius 3 is 2.32 bits per heavy atom. The molecular formula is C19H13Cl2FN2O4. The molecule has 2 aromatic carbocycles. The van der Waals surface area contributed by atoms with Crippen LogP contribution in [0.2, 0.25) is 10.0 Å². The number of likely N-dealkylation sites (N-methyl/N-ethyl adjacent to an activating group) is 1. The first kappa shape index (κ1) is 19.9. The monoisotopic (exact) mass is 422 g/mol. The summed E-state index contributed by atoms with van der Waals surface area (Å²) in [5.74, 6) is -1.69. The molecule has 0 bridgehead atoms. The van der Waals surface area contributed by atoms with Crippen LogP contribution >= 0.6 is 23.2 Å². The molecule has 1 aliphatic heterocycles. The van der Waals surface area contributed by atoms with E-state index in [1.54, 1.807) is 12.1 Å². The minimum absolute atomic E-state index is 0.119. The van der Waals surface area contributed by atoms with Gasteiger partial charge in [0.2, 0.25) is 0 Å². The van der Waals surface area contributed by atoms with Gasteiger partial charge in [-0.3, -0.25) is 19.8 Å². The van der Waals surface area contributed by atoms with Crippen molar-refractivity contribution in [1.82, 2.24) is 10.2 Å². The number of hydrogen-bond acceptors (Lipinski definition) is 4. The van der Waals surface area contributed by atoms with Crippen molar-refractivity contribution in [2.24, 2.45) is 0 Å². The van der Waals surface area contributed by atoms with Crippen molar-refractivity contribution < 1.29 is 23.5 Å². The number of imide groups is 2. The van der Waals surface area contributed by atoms with Gasteiger partial charge >= 0.3 is 6.03 Å². The highest BCUT2D eigenvalue weighted by Gasteiger charge is 2.33. The van der Waals surface area contributed by atoms with E-state index in [4.69, 9.17) is 27.9 Å². The molecule has 6 nitrogen and oxygen atoms in total. The van der Waals surface area contributed by atoms with E-state index in [2.05, 4.69) is 5.32 Å². The van der Waals surface area contributed by atoms with Crippen LogP contribution in [0.3, 0.4) is 0 Å². The highest BCUT2D eigenvalue weighted by atomic mass is 35.5. The number of nitrogens with zero attached hydrogens (tertiary/aromatic N) is 1. The average molecular weight is 423 g/mol. The summed E-state index contributed by atoms with van der Waals surface area (Å²) in [6.07, 6.45) is 1.28. The zero-order valence-corrected chi connectivity index (χ0v) is 16.0. The summed E-state index contributed by atoms with van der Waals surface area (Å²) in [7, 11) is 1.25. The molecular weight excluding hydrogens is 410 g/mol. The minimum atomic E-state index is -0.808. The van der Waals surface area contributed by atoms with Crippen LogP contribution in [0.25, 0.3) is 6.08 Å². The van der Waals surface area contributed by atoms with Gasteiger partial charge in [-0.1, -0.05) is 35.3 Å². The highest BCUT2D eigenvalue weighted by Crippen LogP contribution is 2.35. The Morgan fingerprint density at radius 1 is 1.11 bits per heavy atom. The molecule has 0 aliphatic carbocycles. The molecule has 4 amide bonds. The Hall–Kier alpha value is -2.90. The number of hydrogen-bond donors (Lipinski definition) is 1. The van der Waals surface area contributed by atoms with Crippen LogP contribution in [-0.4, -0.2) is 29.8 Å². The van der Waals surface area contributed by atoms with Gasteiger partial charge in [0.25, 0.3) is 11.8 Å². The first-order valence-electron chi connectivity index (χ1n) is 7.97. The van der Waals surface area contributed by atoms with Crippen molar-refractivity contribution in [3.63, 3.8) is 0 Å². The Labute approximate surface area is 169 Å². The predicted octanol–water partition coefficient (Wildman–Crippen LogP) is 3.80. The highest BCUT2D eigenvalue weighted by molar-refractivity contribution is 6.37. The number of carbonyl (C=O) groups excluding carboxylic acids is 3. The van der Waals surface area contributed by atoms with E-state index >= 15 is 0 Å². The number of urea groups is 1. The topological polar surface area (TPSA) is 75.7 Å². The van der Waals surface area contributed by atoms with Crippen molar-refractivity contribution >= 4 is 47.1 Å². The molecule has 0 atom stereocenters. The molecule has 0 radical (unpaired) electrons. The molecule has 144 valence electrons. The second-order valence-electron chi connectivity index (χ2n) is 5.91. The Morgan fingerprint density at radius 2 is 1.71 bits per heavy atom. The number of carbonyl (C=O) groups is 3. The smallest absolute Gasteiger partial charge is 0.331 e. The van der Waals surface area contributed by atoms with Crippen molar-refractivity contribution in [1.29, 1.82) is 0 Å². The van der Waals surface area contributed by atoms with Gasteiger partial charge in [0.15, 0.2) is 5.75 Å². The number of amides is 4. The number of halogens is 3. The summed E-state index contributed by atoms with van der Waals surface area (Å²) < 4.78 is 18.6. The average Bonchev–Trinajstić information content (AvgIpc) is 2.64. The minimum Gasteiger partial charge on any atom is -0.486 e. The van der Waals surface area contributed by atoms with E-state index in [1.165, 1.54) is 37.4 Å². The largest absolute Gasteiger partial charge is 0.486 e. The number of ether oxygens (including phenoxy) is 1. The second kappa shape index (κ2) is 8.00. The fourth-order valence-electron chi connectivity index (χ4n) is 2.45. The fourth-order valence-corrected chi connectivity index (χ4v) is 3.06. The lowest BCUT2D eigenvalue weighted by atomic mass is 10.1. The van der Waals surface area contributed by atoms with Crippen LogP contribution in [-0.2, 0) is 16.2 Å². The van der Waals surface area contributed by atoms with Crippen molar-refractivity contribution in [2.45, 2.75) is 6.61 Å². The van der Waals surface area contributed by atoms with E-state index in [0.29, 0.717) is 5.56 Å². The van der Waals surface area contributed by atoms with Gasteiger partial charge in [0, 0.05) is 7.05 Å². The number of nitrogens with one attached hydrogen (secondary N) is 1. The summed E-state index contributed by atoms with van der Waals surface area (Å²) in [5.41, 5.74) is 0.872. The zero-order chi connectivity index (χ0) is 20.4. The maximum atomic E-state index is 13.0. The van der Waals surface area contributed by atoms with Gasteiger partial charge < -0.3 is 4.74 Å². The van der Waals surface area contributed by atoms with Crippen LogP contribution in [0.15, 0.2) is 42.0 Å². The van der Waals surface area contributed by atoms with E-state index < -0.39 is 17.8 Å². The van der Waals surface area contributed by atoms with Gasteiger partial charge in [0.1, 0.15) is 18.0 Å². The van der Waals surface area contributed by atoms with E-state index in [0.717, 1.165) is 10.5 Å². The van der Waals surface area contributed by atoms with E-state index in [1.807, 2.05) is 0 Å². The SMILES string of the molecule is CN1C(=O)NC(=O)/C(=C/c2cc(Cl)c(OCc3ccc(F)cc3)c(Cl)c2)C1=O. The standard InChI is InChI=1S/C19H13Cl2FN2O4/c1-24-18(26)13(17(25)23-19(24)27)6-11-7-14(20)16(15(21)8-11)28-9-10-2-4-12(22)5-3-10/h2-8H,9H2,1H3,(H,23,25,27)/b13-6-. The summed E-state index contributed by atoms with van der Waals surface area (Å²) in [6, 6.07) is 7.90. The number of barbiturate groups is 1. The van der Waals surface area contributed by atoms with Gasteiger partial charge in [-0.05, 0) is 41.5 Å². The summed E-state index contributed by atoms with van der Waals surface area (Å²) in [4.78, 5) is 36.3. The molecule has 28 heavy (non-hydrogen) atoms. The molecule has 9 heteroatoms. The molecule has 2 aromatic rings. The maximum Gasteiger partial charge on any atom is 0.331 e. The Balaban J connectivity index is 1.83. The first-order valence-corrected chi connectivity index (χ1v) is 8.73. The van der Waals surface area contributed by atoms with Gasteiger partial charge in [-0.25, -0.2) is 9.18 Å². The molecule has 0 spiro atoms. The Bertz CT molecular complexity index is 982. The number of rotatable bonds is 4. The number of benzene rings is 2. The third-order valence-corrected chi connectivity index (χ3v) is 4.49. The molecule has 1 fully saturated rings. The molecule has 1 saturated heterocycles. The van der Waals surface area contributed by atoms with E-state index in [-0.39, 0.29) is 33.8 Å². The predicted molar refractivity (Wildman–Crippen MR) is 101 cm³/mol. The summed E-state index contributed by atoms with van der Waals surface area (Å²) >= 11 is 12.4. The quantitative estimate of drug-likeness (QED) is 0.600. The molecule has 0 unspecified atom stereocenters. The lowest BCUT2D eigenvalue weighted by Gasteiger charge is -2.22.